The maximum atomic E-state index is 10.8. The van der Waals surface area contributed by atoms with Crippen molar-refractivity contribution >= 4 is 22.7 Å². The highest BCUT2D eigenvalue weighted by Crippen LogP contribution is 2.25. The molecule has 1 aromatic carbocycles. The third kappa shape index (κ3) is 2.19. The molecule has 15 heavy (non-hydrogen) atoms. The Morgan fingerprint density at radius 2 is 2.07 bits per heavy atom. The van der Waals surface area contributed by atoms with E-state index in [1.165, 1.54) is 25.3 Å². The van der Waals surface area contributed by atoms with Crippen LogP contribution in [0.15, 0.2) is 23.4 Å². The Labute approximate surface area is 90.5 Å². The largest absolute Gasteiger partial charge is 0.495 e. The molecule has 0 aliphatic rings. The smallest absolute Gasteiger partial charge is 0.339 e. The topological polar surface area (TPSA) is 79.1 Å². The average molecular weight is 230 g/mol. The van der Waals surface area contributed by atoms with Crippen LogP contribution in [0, 0.1) is 0 Å². The van der Waals surface area contributed by atoms with Crippen molar-refractivity contribution in [2.24, 2.45) is 5.16 Å². The van der Waals surface area contributed by atoms with Crippen LogP contribution < -0.4 is 4.74 Å². The Kier molecular flexibility index (Phi) is 3.51. The molecule has 0 spiro atoms. The molecule has 80 valence electrons. The van der Waals surface area contributed by atoms with Gasteiger partial charge in [0.1, 0.15) is 11.3 Å². The monoisotopic (exact) mass is 229 g/mol. The Morgan fingerprint density at radius 1 is 1.47 bits per heavy atom. The minimum Gasteiger partial charge on any atom is -0.495 e. The van der Waals surface area contributed by atoms with E-state index in [0.717, 1.165) is 0 Å². The molecule has 0 atom stereocenters. The van der Waals surface area contributed by atoms with Gasteiger partial charge in [-0.3, -0.25) is 0 Å². The number of carbonyl (C=O) groups is 1. The van der Waals surface area contributed by atoms with Gasteiger partial charge in [-0.25, -0.2) is 4.79 Å². The zero-order chi connectivity index (χ0) is 11.4. The average Bonchev–Trinajstić information content (AvgIpc) is 2.26. The molecule has 0 unspecified atom stereocenters. The molecule has 0 fully saturated rings. The summed E-state index contributed by atoms with van der Waals surface area (Å²) < 4.78 is 4.90. The Bertz CT molecular complexity index is 417. The van der Waals surface area contributed by atoms with Gasteiger partial charge in [0.25, 0.3) is 0 Å². The summed E-state index contributed by atoms with van der Waals surface area (Å²) in [7, 11) is 1.31. The van der Waals surface area contributed by atoms with Gasteiger partial charge >= 0.3 is 5.97 Å². The van der Waals surface area contributed by atoms with Crippen molar-refractivity contribution in [2.45, 2.75) is 0 Å². The van der Waals surface area contributed by atoms with Gasteiger partial charge in [-0.1, -0.05) is 22.8 Å². The van der Waals surface area contributed by atoms with Crippen molar-refractivity contribution < 1.29 is 19.8 Å². The zero-order valence-corrected chi connectivity index (χ0v) is 8.52. The number of methoxy groups -OCH3 is 1. The number of nitrogens with zero attached hydrogens (tertiary/aromatic N) is 1. The molecule has 0 aliphatic carbocycles. The van der Waals surface area contributed by atoms with Gasteiger partial charge in [0.2, 0.25) is 0 Å². The minimum atomic E-state index is -1.14. The molecule has 1 rings (SSSR count). The number of para-hydroxylation sites is 1. The molecule has 0 radical (unpaired) electrons. The predicted octanol–water partition coefficient (Wildman–Crippen LogP) is 1.77. The van der Waals surface area contributed by atoms with Crippen molar-refractivity contribution in [3.8, 4) is 5.75 Å². The molecule has 0 aliphatic heterocycles. The lowest BCUT2D eigenvalue weighted by molar-refractivity contribution is 0.0693. The number of benzene rings is 1. The van der Waals surface area contributed by atoms with Crippen LogP contribution in [0.1, 0.15) is 15.9 Å². The lowest BCUT2D eigenvalue weighted by Crippen LogP contribution is -2.05. The number of hydrogen-bond acceptors (Lipinski definition) is 4. The van der Waals surface area contributed by atoms with Crippen LogP contribution in [-0.4, -0.2) is 28.6 Å². The molecule has 1 aromatic rings. The molecule has 0 heterocycles. The third-order valence-corrected chi connectivity index (χ3v) is 2.04. The number of rotatable bonds is 3. The quantitative estimate of drug-likeness (QED) is 0.470. The first-order valence-corrected chi connectivity index (χ1v) is 4.27. The van der Waals surface area contributed by atoms with Crippen LogP contribution in [0.4, 0.5) is 0 Å². The van der Waals surface area contributed by atoms with Gasteiger partial charge in [0.05, 0.1) is 12.7 Å². The first-order chi connectivity index (χ1) is 7.11. The van der Waals surface area contributed by atoms with Crippen molar-refractivity contribution in [3.63, 3.8) is 0 Å². The second-order valence-electron chi connectivity index (χ2n) is 2.58. The Balaban J connectivity index is 3.41. The summed E-state index contributed by atoms with van der Waals surface area (Å²) in [6, 6.07) is 4.34. The van der Waals surface area contributed by atoms with Gasteiger partial charge in [0, 0.05) is 0 Å². The highest BCUT2D eigenvalue weighted by atomic mass is 35.5. The van der Waals surface area contributed by atoms with Gasteiger partial charge in [-0.15, -0.1) is 0 Å². The van der Waals surface area contributed by atoms with Crippen LogP contribution in [0.5, 0.6) is 5.75 Å². The van der Waals surface area contributed by atoms with Gasteiger partial charge in [0.15, 0.2) is 5.17 Å². The molecule has 0 amide bonds. The number of hydrogen-bond donors (Lipinski definition) is 2. The number of ether oxygens (including phenoxy) is 1. The molecule has 6 heteroatoms. The van der Waals surface area contributed by atoms with E-state index in [2.05, 4.69) is 5.16 Å². The summed E-state index contributed by atoms with van der Waals surface area (Å²) in [6.07, 6.45) is 0. The van der Waals surface area contributed by atoms with Crippen LogP contribution in [0.2, 0.25) is 0 Å². The second kappa shape index (κ2) is 4.65. The Hall–Kier alpha value is -1.75. The van der Waals surface area contributed by atoms with Crippen molar-refractivity contribution in [1.29, 1.82) is 0 Å². The van der Waals surface area contributed by atoms with Gasteiger partial charge in [-0.05, 0) is 12.1 Å². The summed E-state index contributed by atoms with van der Waals surface area (Å²) in [5.41, 5.74) is 0.179. The summed E-state index contributed by atoms with van der Waals surface area (Å²) in [5, 5.41) is 19.9. The van der Waals surface area contributed by atoms with E-state index in [-0.39, 0.29) is 22.0 Å². The zero-order valence-electron chi connectivity index (χ0n) is 7.77. The fourth-order valence-corrected chi connectivity index (χ4v) is 1.29. The number of aromatic carboxylic acids is 1. The standard InChI is InChI=1S/C9H8ClNO4/c1-15-7-5(8(10)11-14)3-2-4-6(7)9(12)13/h2-4,14H,1H3,(H,12,13). The third-order valence-electron chi connectivity index (χ3n) is 1.76. The van der Waals surface area contributed by atoms with E-state index in [4.69, 9.17) is 26.7 Å². The molecular weight excluding hydrogens is 222 g/mol. The van der Waals surface area contributed by atoms with Crippen LogP contribution in [-0.2, 0) is 0 Å². The first kappa shape index (κ1) is 11.3. The molecule has 0 bridgehead atoms. The summed E-state index contributed by atoms with van der Waals surface area (Å²) in [4.78, 5) is 10.8. The fraction of sp³-hybridized carbons (Fsp3) is 0.111. The van der Waals surface area contributed by atoms with E-state index >= 15 is 0 Å². The van der Waals surface area contributed by atoms with Gasteiger partial charge in [-0.2, -0.15) is 0 Å². The number of oxime groups is 1. The molecule has 2 N–H and O–H groups in total. The summed E-state index contributed by atoms with van der Waals surface area (Å²) in [6.45, 7) is 0. The first-order valence-electron chi connectivity index (χ1n) is 3.90. The summed E-state index contributed by atoms with van der Waals surface area (Å²) in [5.74, 6) is -1.08. The molecule has 5 nitrogen and oxygen atoms in total. The fourth-order valence-electron chi connectivity index (χ4n) is 1.14. The second-order valence-corrected chi connectivity index (χ2v) is 2.94. The van der Waals surface area contributed by atoms with Crippen LogP contribution in [0.3, 0.4) is 0 Å². The van der Waals surface area contributed by atoms with E-state index in [9.17, 15) is 4.79 Å². The van der Waals surface area contributed by atoms with E-state index < -0.39 is 5.97 Å². The minimum absolute atomic E-state index is 0.0446. The van der Waals surface area contributed by atoms with Gasteiger partial charge < -0.3 is 15.1 Å². The van der Waals surface area contributed by atoms with E-state index in [0.29, 0.717) is 0 Å². The SMILES string of the molecule is COc1c(C(=O)O)cccc1C(Cl)=NO. The maximum Gasteiger partial charge on any atom is 0.339 e. The van der Waals surface area contributed by atoms with Crippen molar-refractivity contribution in [2.75, 3.05) is 7.11 Å². The Morgan fingerprint density at radius 3 is 2.53 bits per heavy atom. The number of halogens is 1. The highest BCUT2D eigenvalue weighted by Gasteiger charge is 2.17. The van der Waals surface area contributed by atoms with Crippen molar-refractivity contribution in [1.82, 2.24) is 0 Å². The predicted molar refractivity (Wildman–Crippen MR) is 54.1 cm³/mol. The molecule has 0 aromatic heterocycles. The van der Waals surface area contributed by atoms with Crippen LogP contribution in [0.25, 0.3) is 0 Å². The number of carboxylic acid groups (broad SMARTS) is 1. The maximum absolute atomic E-state index is 10.8. The van der Waals surface area contributed by atoms with E-state index in [1.807, 2.05) is 0 Å². The van der Waals surface area contributed by atoms with Crippen LogP contribution >= 0.6 is 11.6 Å². The number of carboxylic acids is 1. The highest BCUT2D eigenvalue weighted by molar-refractivity contribution is 6.69. The molecule has 0 saturated carbocycles. The lowest BCUT2D eigenvalue weighted by Gasteiger charge is -2.08. The normalized spacial score (nSPS) is 11.2. The summed E-state index contributed by atoms with van der Waals surface area (Å²) >= 11 is 5.58. The lowest BCUT2D eigenvalue weighted by atomic mass is 10.1. The molecule has 0 saturated heterocycles. The molecular formula is C9H8ClNO4. The van der Waals surface area contributed by atoms with Crippen molar-refractivity contribution in [3.05, 3.63) is 29.3 Å². The van der Waals surface area contributed by atoms with E-state index in [1.54, 1.807) is 0 Å².